The van der Waals surface area contributed by atoms with Crippen molar-refractivity contribution in [2.75, 3.05) is 60.4 Å². The predicted molar refractivity (Wildman–Crippen MR) is 168 cm³/mol. The van der Waals surface area contributed by atoms with Crippen molar-refractivity contribution in [3.63, 3.8) is 0 Å². The molecule has 3 rings (SSSR count). The normalized spacial score (nSPS) is 10.8. The maximum Gasteiger partial charge on any atom is 0.248 e. The summed E-state index contributed by atoms with van der Waals surface area (Å²) < 4.78 is 38.1. The number of anilines is 2. The number of benzene rings is 3. The van der Waals surface area contributed by atoms with Crippen LogP contribution in [-0.4, -0.2) is 61.5 Å². The zero-order valence-electron chi connectivity index (χ0n) is 24.8. The van der Waals surface area contributed by atoms with E-state index < -0.39 is 5.91 Å². The van der Waals surface area contributed by atoms with Crippen LogP contribution in [0.25, 0.3) is 6.08 Å². The summed E-state index contributed by atoms with van der Waals surface area (Å²) in [5.41, 5.74) is 1.87. The van der Waals surface area contributed by atoms with Gasteiger partial charge in [0.25, 0.3) is 0 Å². The highest BCUT2D eigenvalue weighted by atomic mass is 79.9. The number of rotatable bonds is 14. The highest BCUT2D eigenvalue weighted by molar-refractivity contribution is 9.10. The molecule has 12 heteroatoms. The molecule has 0 fully saturated rings. The van der Waals surface area contributed by atoms with E-state index in [0.29, 0.717) is 67.2 Å². The number of hydrogen-bond acceptors (Lipinski definition) is 10. The second kappa shape index (κ2) is 15.4. The van der Waals surface area contributed by atoms with Gasteiger partial charge in [-0.25, -0.2) is 0 Å². The molecular weight excluding hydrogens is 624 g/mol. The van der Waals surface area contributed by atoms with Gasteiger partial charge in [0, 0.05) is 41.7 Å². The maximum absolute atomic E-state index is 13.0. The van der Waals surface area contributed by atoms with E-state index in [4.69, 9.17) is 33.2 Å². The van der Waals surface area contributed by atoms with Crippen molar-refractivity contribution in [3.8, 4) is 40.2 Å². The van der Waals surface area contributed by atoms with Gasteiger partial charge in [0.1, 0.15) is 23.0 Å². The summed E-state index contributed by atoms with van der Waals surface area (Å²) in [7, 11) is 10.5. The first-order valence-electron chi connectivity index (χ1n) is 12.7. The molecule has 0 spiro atoms. The highest BCUT2D eigenvalue weighted by Crippen LogP contribution is 2.45. The Hall–Kier alpha value is -4.84. The van der Waals surface area contributed by atoms with Crippen LogP contribution in [0.5, 0.6) is 40.2 Å². The van der Waals surface area contributed by atoms with Gasteiger partial charge in [0.15, 0.2) is 17.3 Å². The van der Waals surface area contributed by atoms with Gasteiger partial charge >= 0.3 is 0 Å². The van der Waals surface area contributed by atoms with E-state index in [9.17, 15) is 9.59 Å². The van der Waals surface area contributed by atoms with Crippen molar-refractivity contribution in [2.24, 2.45) is 0 Å². The molecule has 0 aliphatic heterocycles. The molecule has 0 aliphatic carbocycles. The fourth-order valence-corrected chi connectivity index (χ4v) is 4.69. The Balaban J connectivity index is 1.79. The standard InChI is InChI=1S/C31H33BrN2O9/c1-37-19-15-25(39-3)20(26(16-19)40-4)9-11-28(36)34-18-8-10-24(38-2)22(14-18)33-13-12-23(35)21-17-27(41-5)30(42-6)31(43-7)29(21)32/h8-17,33H,1-7H3,(H,34,36). The number of halogens is 1. The fraction of sp³-hybridized carbons (Fsp3) is 0.226. The number of carbonyl (C=O) groups excluding carboxylic acids is 2. The topological polar surface area (TPSA) is 123 Å². The average Bonchev–Trinajstić information content (AvgIpc) is 3.02. The third-order valence-corrected chi connectivity index (χ3v) is 6.92. The smallest absolute Gasteiger partial charge is 0.248 e. The Morgan fingerprint density at radius 2 is 1.33 bits per heavy atom. The van der Waals surface area contributed by atoms with Crippen LogP contribution in [0.15, 0.2) is 59.2 Å². The van der Waals surface area contributed by atoms with Crippen LogP contribution in [-0.2, 0) is 4.79 Å². The summed E-state index contributed by atoms with van der Waals surface area (Å²) in [6.07, 6.45) is 5.75. The maximum atomic E-state index is 13.0. The minimum absolute atomic E-state index is 0.303. The van der Waals surface area contributed by atoms with Crippen LogP contribution in [0, 0.1) is 0 Å². The van der Waals surface area contributed by atoms with Crippen molar-refractivity contribution >= 4 is 45.1 Å². The Kier molecular flexibility index (Phi) is 11.7. The van der Waals surface area contributed by atoms with Crippen molar-refractivity contribution in [3.05, 3.63) is 70.3 Å². The fourth-order valence-electron chi connectivity index (χ4n) is 4.04. The minimum atomic E-state index is -0.394. The molecule has 0 bridgehead atoms. The molecule has 11 nitrogen and oxygen atoms in total. The number of hydrogen-bond donors (Lipinski definition) is 2. The molecule has 0 unspecified atom stereocenters. The van der Waals surface area contributed by atoms with E-state index in [1.165, 1.54) is 68.1 Å². The van der Waals surface area contributed by atoms with E-state index >= 15 is 0 Å². The van der Waals surface area contributed by atoms with Gasteiger partial charge in [0.2, 0.25) is 11.7 Å². The third-order valence-electron chi connectivity index (χ3n) is 6.13. The molecule has 43 heavy (non-hydrogen) atoms. The van der Waals surface area contributed by atoms with Crippen LogP contribution in [0.3, 0.4) is 0 Å². The molecule has 0 aliphatic rings. The van der Waals surface area contributed by atoms with E-state index in [-0.39, 0.29) is 5.78 Å². The number of amides is 1. The minimum Gasteiger partial charge on any atom is -0.496 e. The molecule has 0 saturated carbocycles. The molecule has 3 aromatic rings. The molecule has 1 amide bonds. The first-order chi connectivity index (χ1) is 20.7. The summed E-state index contributed by atoms with van der Waals surface area (Å²) in [6, 6.07) is 9.98. The Morgan fingerprint density at radius 3 is 1.88 bits per heavy atom. The number of nitrogens with one attached hydrogen (secondary N) is 2. The van der Waals surface area contributed by atoms with Crippen molar-refractivity contribution in [1.82, 2.24) is 0 Å². The quantitative estimate of drug-likeness (QED) is 0.158. The van der Waals surface area contributed by atoms with Crippen LogP contribution >= 0.6 is 15.9 Å². The zero-order valence-corrected chi connectivity index (χ0v) is 26.4. The van der Waals surface area contributed by atoms with Crippen molar-refractivity contribution < 1.29 is 42.7 Å². The zero-order chi connectivity index (χ0) is 31.5. The lowest BCUT2D eigenvalue weighted by atomic mass is 10.1. The van der Waals surface area contributed by atoms with Crippen LogP contribution in [0.1, 0.15) is 15.9 Å². The Bertz CT molecular complexity index is 1510. The Labute approximate surface area is 258 Å². The summed E-state index contributed by atoms with van der Waals surface area (Å²) >= 11 is 3.42. The van der Waals surface area contributed by atoms with Gasteiger partial charge < -0.3 is 43.8 Å². The van der Waals surface area contributed by atoms with Crippen LogP contribution < -0.4 is 43.8 Å². The molecule has 0 saturated heterocycles. The largest absolute Gasteiger partial charge is 0.496 e. The van der Waals surface area contributed by atoms with E-state index in [0.717, 1.165) is 0 Å². The van der Waals surface area contributed by atoms with Crippen LogP contribution in [0.2, 0.25) is 0 Å². The number of allylic oxidation sites excluding steroid dienone is 1. The molecular formula is C31H33BrN2O9. The second-order valence-corrected chi connectivity index (χ2v) is 9.33. The van der Waals surface area contributed by atoms with Crippen LogP contribution in [0.4, 0.5) is 11.4 Å². The van der Waals surface area contributed by atoms with E-state index in [1.54, 1.807) is 42.5 Å². The number of ketones is 1. The van der Waals surface area contributed by atoms with Gasteiger partial charge in [-0.15, -0.1) is 0 Å². The monoisotopic (exact) mass is 656 g/mol. The molecule has 3 aromatic carbocycles. The molecule has 2 N–H and O–H groups in total. The van der Waals surface area contributed by atoms with Gasteiger partial charge in [0.05, 0.1) is 65.5 Å². The lowest BCUT2D eigenvalue weighted by Crippen LogP contribution is -2.08. The lowest BCUT2D eigenvalue weighted by Gasteiger charge is -2.15. The van der Waals surface area contributed by atoms with Gasteiger partial charge in [-0.2, -0.15) is 0 Å². The number of methoxy groups -OCH3 is 7. The van der Waals surface area contributed by atoms with Gasteiger partial charge in [-0.05, 0) is 46.3 Å². The lowest BCUT2D eigenvalue weighted by molar-refractivity contribution is -0.111. The highest BCUT2D eigenvalue weighted by Gasteiger charge is 2.22. The summed E-state index contributed by atoms with van der Waals surface area (Å²) in [5.74, 6) is 2.31. The predicted octanol–water partition coefficient (Wildman–Crippen LogP) is 5.97. The molecule has 228 valence electrons. The average molecular weight is 658 g/mol. The molecule has 0 aromatic heterocycles. The first kappa shape index (κ1) is 32.7. The van der Waals surface area contributed by atoms with E-state index in [2.05, 4.69) is 26.6 Å². The summed E-state index contributed by atoms with van der Waals surface area (Å²) in [4.78, 5) is 25.8. The summed E-state index contributed by atoms with van der Waals surface area (Å²) in [6.45, 7) is 0. The van der Waals surface area contributed by atoms with Gasteiger partial charge in [-0.3, -0.25) is 9.59 Å². The molecule has 0 atom stereocenters. The van der Waals surface area contributed by atoms with E-state index in [1.807, 2.05) is 0 Å². The first-order valence-corrected chi connectivity index (χ1v) is 13.5. The SMILES string of the molecule is COc1cc(OC)c(C=CC(=O)Nc2ccc(OC)c(NC=CC(=O)c3cc(OC)c(OC)c(OC)c3Br)c2)c(OC)c1. The number of ether oxygens (including phenoxy) is 7. The van der Waals surface area contributed by atoms with Gasteiger partial charge in [-0.1, -0.05) is 0 Å². The van der Waals surface area contributed by atoms with Crippen molar-refractivity contribution in [1.29, 1.82) is 0 Å². The number of carbonyl (C=O) groups is 2. The molecule has 0 radical (unpaired) electrons. The van der Waals surface area contributed by atoms with Crippen molar-refractivity contribution in [2.45, 2.75) is 0 Å². The summed E-state index contributed by atoms with van der Waals surface area (Å²) in [5, 5.41) is 5.84. The molecule has 0 heterocycles. The third kappa shape index (κ3) is 7.72. The Morgan fingerprint density at radius 1 is 0.698 bits per heavy atom. The second-order valence-electron chi connectivity index (χ2n) is 8.53.